The first-order valence-electron chi connectivity index (χ1n) is 11.5. The summed E-state index contributed by atoms with van der Waals surface area (Å²) in [6.07, 6.45) is 4.19. The van der Waals surface area contributed by atoms with Gasteiger partial charge in [-0.3, -0.25) is 4.79 Å². The lowest BCUT2D eigenvalue weighted by atomic mass is 9.47. The maximum atomic E-state index is 13.0. The van der Waals surface area contributed by atoms with Gasteiger partial charge in [0, 0.05) is 25.0 Å². The SMILES string of the molecule is CCC(NC(=O)C1CCN(C(=O)OCC(F)(F)F)CC1)C12CC3CC(CC(C3)C1)C2. The van der Waals surface area contributed by atoms with Gasteiger partial charge in [0.1, 0.15) is 0 Å². The third-order valence-electron chi connectivity index (χ3n) is 8.03. The van der Waals surface area contributed by atoms with Crippen LogP contribution >= 0.6 is 0 Å². The average Bonchev–Trinajstić information content (AvgIpc) is 2.68. The average molecular weight is 431 g/mol. The number of amides is 2. The Hall–Kier alpha value is -1.47. The lowest BCUT2D eigenvalue weighted by molar-refractivity contribution is -0.162. The van der Waals surface area contributed by atoms with Crippen molar-refractivity contribution in [3.63, 3.8) is 0 Å². The fourth-order valence-electron chi connectivity index (χ4n) is 7.14. The standard InChI is InChI=1S/C22H33F3N2O3/c1-2-18(21-10-14-7-15(11-21)9-16(8-14)12-21)26-19(28)17-3-5-27(6-4-17)20(29)30-13-22(23,24)25/h14-18H,2-13H2,1H3,(H,26,28). The van der Waals surface area contributed by atoms with E-state index in [1.54, 1.807) is 0 Å². The molecule has 2 amide bonds. The highest BCUT2D eigenvalue weighted by Gasteiger charge is 2.54. The summed E-state index contributed by atoms with van der Waals surface area (Å²) in [5.74, 6) is 2.33. The number of hydrogen-bond acceptors (Lipinski definition) is 3. The number of alkyl halides is 3. The molecule has 1 N–H and O–H groups in total. The number of carbonyl (C=O) groups is 2. The van der Waals surface area contributed by atoms with Crippen LogP contribution in [0.3, 0.4) is 0 Å². The summed E-state index contributed by atoms with van der Waals surface area (Å²) in [5.41, 5.74) is 0.251. The number of ether oxygens (including phenoxy) is 1. The lowest BCUT2D eigenvalue weighted by Crippen LogP contribution is -2.57. The third-order valence-corrected chi connectivity index (χ3v) is 8.03. The van der Waals surface area contributed by atoms with Crippen LogP contribution in [0.4, 0.5) is 18.0 Å². The van der Waals surface area contributed by atoms with Crippen LogP contribution in [-0.2, 0) is 9.53 Å². The van der Waals surface area contributed by atoms with Gasteiger partial charge in [0.05, 0.1) is 0 Å². The molecule has 4 bridgehead atoms. The molecule has 0 aromatic rings. The van der Waals surface area contributed by atoms with Gasteiger partial charge in [-0.1, -0.05) is 6.92 Å². The summed E-state index contributed by atoms with van der Waals surface area (Å²) in [5, 5.41) is 3.36. The quantitative estimate of drug-likeness (QED) is 0.698. The Morgan fingerprint density at radius 2 is 1.60 bits per heavy atom. The first kappa shape index (κ1) is 21.8. The second-order valence-electron chi connectivity index (χ2n) is 10.2. The lowest BCUT2D eigenvalue weighted by Gasteiger charge is -2.59. The number of hydrogen-bond donors (Lipinski definition) is 1. The summed E-state index contributed by atoms with van der Waals surface area (Å²) in [7, 11) is 0. The maximum Gasteiger partial charge on any atom is 0.422 e. The van der Waals surface area contributed by atoms with Gasteiger partial charge < -0.3 is 15.0 Å². The predicted octanol–water partition coefficient (Wildman–Crippen LogP) is 4.51. The van der Waals surface area contributed by atoms with Gasteiger partial charge in [-0.15, -0.1) is 0 Å². The zero-order valence-electron chi connectivity index (χ0n) is 17.7. The molecule has 1 unspecified atom stereocenters. The predicted molar refractivity (Wildman–Crippen MR) is 105 cm³/mol. The molecule has 8 heteroatoms. The minimum atomic E-state index is -4.53. The number of carbonyl (C=O) groups excluding carboxylic acids is 2. The summed E-state index contributed by atoms with van der Waals surface area (Å²) in [6.45, 7) is 1.09. The van der Waals surface area contributed by atoms with Crippen LogP contribution < -0.4 is 5.32 Å². The van der Waals surface area contributed by atoms with Crippen LogP contribution in [0, 0.1) is 29.1 Å². The molecule has 1 atom stereocenters. The Balaban J connectivity index is 1.29. The number of piperidine rings is 1. The van der Waals surface area contributed by atoms with Gasteiger partial charge in [-0.25, -0.2) is 4.79 Å². The van der Waals surface area contributed by atoms with Crippen LogP contribution in [-0.4, -0.2) is 48.8 Å². The van der Waals surface area contributed by atoms with E-state index in [0.29, 0.717) is 12.8 Å². The second-order valence-corrected chi connectivity index (χ2v) is 10.2. The van der Waals surface area contributed by atoms with Crippen molar-refractivity contribution in [2.45, 2.75) is 76.9 Å². The highest BCUT2D eigenvalue weighted by atomic mass is 19.4. The van der Waals surface area contributed by atoms with Crippen molar-refractivity contribution < 1.29 is 27.5 Å². The Morgan fingerprint density at radius 3 is 2.07 bits per heavy atom. The van der Waals surface area contributed by atoms with Crippen molar-refractivity contribution in [1.29, 1.82) is 0 Å². The number of rotatable bonds is 5. The smallest absolute Gasteiger partial charge is 0.422 e. The van der Waals surface area contributed by atoms with E-state index in [9.17, 15) is 22.8 Å². The number of nitrogens with one attached hydrogen (secondary N) is 1. The van der Waals surface area contributed by atoms with Crippen LogP contribution in [0.25, 0.3) is 0 Å². The molecule has 5 fully saturated rings. The summed E-state index contributed by atoms with van der Waals surface area (Å²) >= 11 is 0. The summed E-state index contributed by atoms with van der Waals surface area (Å²) in [4.78, 5) is 26.1. The van der Waals surface area contributed by atoms with Gasteiger partial charge in [-0.05, 0) is 81.0 Å². The largest absolute Gasteiger partial charge is 0.440 e. The number of likely N-dealkylation sites (tertiary alicyclic amines) is 1. The van der Waals surface area contributed by atoms with Crippen LogP contribution in [0.5, 0.6) is 0 Å². The van der Waals surface area contributed by atoms with Crippen molar-refractivity contribution in [2.24, 2.45) is 29.1 Å². The number of nitrogens with zero attached hydrogens (tertiary/aromatic N) is 1. The minimum absolute atomic E-state index is 0.0425. The van der Waals surface area contributed by atoms with Gasteiger partial charge in [-0.2, -0.15) is 13.2 Å². The molecule has 5 rings (SSSR count). The van der Waals surface area contributed by atoms with Gasteiger partial charge in [0.15, 0.2) is 6.61 Å². The van der Waals surface area contributed by atoms with E-state index in [1.807, 2.05) is 0 Å². The Kier molecular flexibility index (Phi) is 5.96. The molecular formula is C22H33F3N2O3. The maximum absolute atomic E-state index is 13.0. The van der Waals surface area contributed by atoms with Gasteiger partial charge in [0.25, 0.3) is 0 Å². The first-order valence-corrected chi connectivity index (χ1v) is 11.5. The highest BCUT2D eigenvalue weighted by Crippen LogP contribution is 2.61. The van der Waals surface area contributed by atoms with E-state index >= 15 is 0 Å². The molecule has 1 heterocycles. The monoisotopic (exact) mass is 430 g/mol. The van der Waals surface area contributed by atoms with E-state index in [-0.39, 0.29) is 36.4 Å². The van der Waals surface area contributed by atoms with Gasteiger partial charge in [0.2, 0.25) is 5.91 Å². The van der Waals surface area contributed by atoms with Crippen molar-refractivity contribution >= 4 is 12.0 Å². The first-order chi connectivity index (χ1) is 14.2. The topological polar surface area (TPSA) is 58.6 Å². The second kappa shape index (κ2) is 8.23. The van der Waals surface area contributed by atoms with Crippen molar-refractivity contribution in [3.05, 3.63) is 0 Å². The minimum Gasteiger partial charge on any atom is -0.440 e. The Morgan fingerprint density at radius 1 is 1.07 bits per heavy atom. The molecule has 1 aliphatic heterocycles. The van der Waals surface area contributed by atoms with E-state index < -0.39 is 18.9 Å². The van der Waals surface area contributed by atoms with Crippen molar-refractivity contribution in [2.75, 3.05) is 19.7 Å². The molecular weight excluding hydrogens is 397 g/mol. The highest BCUT2D eigenvalue weighted by molar-refractivity contribution is 5.79. The summed E-state index contributed by atoms with van der Waals surface area (Å²) in [6, 6.07) is 0.202. The van der Waals surface area contributed by atoms with E-state index in [2.05, 4.69) is 17.0 Å². The van der Waals surface area contributed by atoms with E-state index in [4.69, 9.17) is 0 Å². The van der Waals surface area contributed by atoms with E-state index in [1.165, 1.54) is 43.4 Å². The van der Waals surface area contributed by atoms with Crippen molar-refractivity contribution in [3.8, 4) is 0 Å². The third kappa shape index (κ3) is 4.57. The Bertz CT molecular complexity index is 623. The molecule has 170 valence electrons. The zero-order valence-corrected chi connectivity index (χ0v) is 17.7. The molecule has 4 aliphatic carbocycles. The van der Waals surface area contributed by atoms with Crippen LogP contribution in [0.2, 0.25) is 0 Å². The molecule has 5 aliphatic rings. The Labute approximate surface area is 176 Å². The summed E-state index contributed by atoms with van der Waals surface area (Å²) < 4.78 is 41.0. The molecule has 4 saturated carbocycles. The van der Waals surface area contributed by atoms with Crippen LogP contribution in [0.1, 0.15) is 64.7 Å². The van der Waals surface area contributed by atoms with Crippen LogP contribution in [0.15, 0.2) is 0 Å². The van der Waals surface area contributed by atoms with Crippen molar-refractivity contribution in [1.82, 2.24) is 10.2 Å². The van der Waals surface area contributed by atoms with E-state index in [0.717, 1.165) is 24.2 Å². The van der Waals surface area contributed by atoms with Gasteiger partial charge >= 0.3 is 12.3 Å². The molecule has 5 nitrogen and oxygen atoms in total. The molecule has 30 heavy (non-hydrogen) atoms. The zero-order chi connectivity index (χ0) is 21.5. The molecule has 1 saturated heterocycles. The molecule has 0 spiro atoms. The molecule has 0 radical (unpaired) electrons. The molecule has 0 aromatic carbocycles. The fraction of sp³-hybridized carbons (Fsp3) is 0.909. The molecule has 0 aromatic heterocycles. The normalized spacial score (nSPS) is 34.7. The fourth-order valence-corrected chi connectivity index (χ4v) is 7.14. The number of halogens is 3.